The van der Waals surface area contributed by atoms with Gasteiger partial charge < -0.3 is 10.6 Å². The molecule has 0 atom stereocenters. The summed E-state index contributed by atoms with van der Waals surface area (Å²) in [5.74, 6) is -2.74. The Morgan fingerprint density at radius 1 is 1.18 bits per heavy atom. The first-order valence-corrected chi connectivity index (χ1v) is 10.1. The zero-order valence-electron chi connectivity index (χ0n) is 14.7. The molecule has 1 heterocycles. The molecule has 0 bridgehead atoms. The maximum atomic E-state index is 14.7. The molecule has 144 valence electrons. The van der Waals surface area contributed by atoms with Crippen LogP contribution in [-0.4, -0.2) is 10.9 Å². The summed E-state index contributed by atoms with van der Waals surface area (Å²) in [4.78, 5) is 16.8. The van der Waals surface area contributed by atoms with Gasteiger partial charge in [-0.15, -0.1) is 0 Å². The van der Waals surface area contributed by atoms with Crippen LogP contribution in [0.3, 0.4) is 0 Å². The van der Waals surface area contributed by atoms with Crippen molar-refractivity contribution in [3.8, 4) is 0 Å². The van der Waals surface area contributed by atoms with Gasteiger partial charge in [0.2, 0.25) is 0 Å². The van der Waals surface area contributed by atoms with Crippen molar-refractivity contribution in [2.75, 3.05) is 5.32 Å². The Bertz CT molecular complexity index is 1030. The van der Waals surface area contributed by atoms with Gasteiger partial charge in [0.25, 0.3) is 5.91 Å². The summed E-state index contributed by atoms with van der Waals surface area (Å²) in [6.07, 6.45) is 1.61. The van der Waals surface area contributed by atoms with Gasteiger partial charge in [0.05, 0.1) is 28.0 Å². The molecular formula is C20H15BrF2IN3O. The topological polar surface area (TPSA) is 54.0 Å². The monoisotopic (exact) mass is 557 g/mol. The Balaban J connectivity index is 1.94. The van der Waals surface area contributed by atoms with Crippen molar-refractivity contribution in [1.29, 1.82) is 0 Å². The van der Waals surface area contributed by atoms with Gasteiger partial charge in [0, 0.05) is 15.5 Å². The van der Waals surface area contributed by atoms with Gasteiger partial charge in [-0.1, -0.05) is 6.07 Å². The molecule has 1 amide bonds. The predicted octanol–water partition coefficient (Wildman–Crippen LogP) is 5.71. The van der Waals surface area contributed by atoms with Crippen molar-refractivity contribution in [3.05, 3.63) is 85.2 Å². The minimum Gasteiger partial charge on any atom is -0.352 e. The SMILES string of the molecule is Cc1cc(I)ccc1Nc1c(C(=O)NCc2ccccn2)cc(Br)c(F)c1F. The zero-order chi connectivity index (χ0) is 20.3. The molecule has 0 radical (unpaired) electrons. The smallest absolute Gasteiger partial charge is 0.253 e. The van der Waals surface area contributed by atoms with Gasteiger partial charge in [-0.3, -0.25) is 9.78 Å². The van der Waals surface area contributed by atoms with E-state index in [9.17, 15) is 13.6 Å². The number of nitrogens with one attached hydrogen (secondary N) is 2. The van der Waals surface area contributed by atoms with E-state index in [1.165, 1.54) is 6.07 Å². The van der Waals surface area contributed by atoms with Gasteiger partial charge in [-0.25, -0.2) is 8.78 Å². The highest BCUT2D eigenvalue weighted by Crippen LogP contribution is 2.32. The summed E-state index contributed by atoms with van der Waals surface area (Å²) >= 11 is 5.13. The average Bonchev–Trinajstić information content (AvgIpc) is 2.68. The third-order valence-electron chi connectivity index (χ3n) is 4.01. The average molecular weight is 558 g/mol. The van der Waals surface area contributed by atoms with Crippen LogP contribution >= 0.6 is 38.5 Å². The Kier molecular flexibility index (Phi) is 6.61. The summed E-state index contributed by atoms with van der Waals surface area (Å²) in [6, 6.07) is 12.1. The lowest BCUT2D eigenvalue weighted by molar-refractivity contribution is 0.0950. The van der Waals surface area contributed by atoms with E-state index >= 15 is 0 Å². The number of anilines is 2. The van der Waals surface area contributed by atoms with Gasteiger partial charge in [-0.2, -0.15) is 0 Å². The van der Waals surface area contributed by atoms with Crippen molar-refractivity contribution < 1.29 is 13.6 Å². The largest absolute Gasteiger partial charge is 0.352 e. The minimum atomic E-state index is -1.13. The highest BCUT2D eigenvalue weighted by Gasteiger charge is 2.22. The van der Waals surface area contributed by atoms with Crippen LogP contribution in [0.4, 0.5) is 20.2 Å². The number of aromatic nitrogens is 1. The second-order valence-electron chi connectivity index (χ2n) is 6.00. The standard InChI is InChI=1S/C20H15BrF2IN3O/c1-11-8-12(24)5-6-16(11)27-19-14(9-15(21)17(22)18(19)23)20(28)26-10-13-4-2-3-7-25-13/h2-9,27H,10H2,1H3,(H,26,28). The molecule has 0 spiro atoms. The number of pyridine rings is 1. The van der Waals surface area contributed by atoms with Crippen LogP contribution in [0.5, 0.6) is 0 Å². The van der Waals surface area contributed by atoms with Crippen molar-refractivity contribution in [2.24, 2.45) is 0 Å². The van der Waals surface area contributed by atoms with Crippen molar-refractivity contribution in [1.82, 2.24) is 10.3 Å². The molecule has 0 fully saturated rings. The second kappa shape index (κ2) is 8.95. The number of hydrogen-bond donors (Lipinski definition) is 2. The molecule has 2 aromatic carbocycles. The molecule has 1 aromatic heterocycles. The maximum absolute atomic E-state index is 14.7. The number of hydrogen-bond acceptors (Lipinski definition) is 3. The molecule has 0 aliphatic rings. The number of halogens is 4. The van der Waals surface area contributed by atoms with E-state index in [0.29, 0.717) is 11.4 Å². The highest BCUT2D eigenvalue weighted by atomic mass is 127. The predicted molar refractivity (Wildman–Crippen MR) is 117 cm³/mol. The van der Waals surface area contributed by atoms with Crippen molar-refractivity contribution in [3.63, 3.8) is 0 Å². The minimum absolute atomic E-state index is 0.0142. The van der Waals surface area contributed by atoms with Crippen LogP contribution in [0.1, 0.15) is 21.6 Å². The van der Waals surface area contributed by atoms with Gasteiger partial charge >= 0.3 is 0 Å². The molecule has 3 aromatic rings. The fourth-order valence-electron chi connectivity index (χ4n) is 2.57. The van der Waals surface area contributed by atoms with Gasteiger partial charge in [-0.05, 0) is 87.4 Å². The summed E-state index contributed by atoms with van der Waals surface area (Å²) in [7, 11) is 0. The first kappa shape index (κ1) is 20.7. The normalized spacial score (nSPS) is 10.6. The molecule has 0 aliphatic heterocycles. The Morgan fingerprint density at radius 2 is 1.96 bits per heavy atom. The summed E-state index contributed by atoms with van der Waals surface area (Å²) in [5, 5.41) is 5.55. The number of carbonyl (C=O) groups excluding carboxylic acids is 1. The first-order valence-electron chi connectivity index (χ1n) is 8.25. The van der Waals surface area contributed by atoms with Crippen molar-refractivity contribution >= 4 is 55.8 Å². The quantitative estimate of drug-likeness (QED) is 0.312. The number of rotatable bonds is 5. The third kappa shape index (κ3) is 4.67. The summed E-state index contributed by atoms with van der Waals surface area (Å²) in [5.41, 5.74) is 1.85. The Labute approximate surface area is 183 Å². The first-order chi connectivity index (χ1) is 13.4. The van der Waals surface area contributed by atoms with Crippen LogP contribution < -0.4 is 10.6 Å². The molecule has 3 rings (SSSR count). The fraction of sp³-hybridized carbons (Fsp3) is 0.100. The van der Waals surface area contributed by atoms with E-state index in [-0.39, 0.29) is 22.3 Å². The lowest BCUT2D eigenvalue weighted by Crippen LogP contribution is -2.25. The van der Waals surface area contributed by atoms with Crippen LogP contribution in [0.25, 0.3) is 0 Å². The van der Waals surface area contributed by atoms with Gasteiger partial charge in [0.1, 0.15) is 0 Å². The summed E-state index contributed by atoms with van der Waals surface area (Å²) < 4.78 is 29.7. The number of amides is 1. The molecule has 28 heavy (non-hydrogen) atoms. The van der Waals surface area contributed by atoms with E-state index in [1.54, 1.807) is 30.5 Å². The molecule has 8 heteroatoms. The Morgan fingerprint density at radius 3 is 2.64 bits per heavy atom. The molecule has 0 unspecified atom stereocenters. The fourth-order valence-corrected chi connectivity index (χ4v) is 3.62. The number of aryl methyl sites for hydroxylation is 1. The molecule has 4 nitrogen and oxygen atoms in total. The second-order valence-corrected chi connectivity index (χ2v) is 8.10. The van der Waals surface area contributed by atoms with Crippen LogP contribution in [-0.2, 0) is 6.54 Å². The lowest BCUT2D eigenvalue weighted by atomic mass is 10.1. The van der Waals surface area contributed by atoms with Gasteiger partial charge in [0.15, 0.2) is 11.6 Å². The van der Waals surface area contributed by atoms with E-state index in [0.717, 1.165) is 9.13 Å². The summed E-state index contributed by atoms with van der Waals surface area (Å²) in [6.45, 7) is 2.01. The lowest BCUT2D eigenvalue weighted by Gasteiger charge is -2.16. The highest BCUT2D eigenvalue weighted by molar-refractivity contribution is 14.1. The molecule has 2 N–H and O–H groups in total. The van der Waals surface area contributed by atoms with Crippen molar-refractivity contribution in [2.45, 2.75) is 13.5 Å². The maximum Gasteiger partial charge on any atom is 0.253 e. The van der Waals surface area contributed by atoms with Crippen LogP contribution in [0.15, 0.2) is 53.1 Å². The number of nitrogens with zero attached hydrogens (tertiary/aromatic N) is 1. The molecule has 0 aliphatic carbocycles. The number of benzene rings is 2. The molecule has 0 saturated carbocycles. The molecular weight excluding hydrogens is 543 g/mol. The molecule has 0 saturated heterocycles. The van der Waals surface area contributed by atoms with Crippen LogP contribution in [0, 0.1) is 22.1 Å². The zero-order valence-corrected chi connectivity index (χ0v) is 18.4. The third-order valence-corrected chi connectivity index (χ3v) is 5.26. The van der Waals surface area contributed by atoms with E-state index < -0.39 is 17.5 Å². The van der Waals surface area contributed by atoms with E-state index in [4.69, 9.17) is 0 Å². The number of carbonyl (C=O) groups is 1. The van der Waals surface area contributed by atoms with E-state index in [1.807, 2.05) is 19.1 Å². The van der Waals surface area contributed by atoms with E-state index in [2.05, 4.69) is 54.1 Å². The Hall–Kier alpha value is -2.07. The van der Waals surface area contributed by atoms with Crippen LogP contribution in [0.2, 0.25) is 0 Å².